The Bertz CT molecular complexity index is 642. The Morgan fingerprint density at radius 2 is 1.64 bits per heavy atom. The van der Waals surface area contributed by atoms with Crippen LogP contribution >= 0.6 is 0 Å². The lowest BCUT2D eigenvalue weighted by Gasteiger charge is -2.49. The van der Waals surface area contributed by atoms with Crippen molar-refractivity contribution < 1.29 is 19.4 Å². The first-order valence-corrected chi connectivity index (χ1v) is 10.3. The van der Waals surface area contributed by atoms with Crippen LogP contribution in [-0.4, -0.2) is 49.0 Å². The highest BCUT2D eigenvalue weighted by molar-refractivity contribution is 5.75. The molecule has 0 spiro atoms. The fourth-order valence-electron chi connectivity index (χ4n) is 4.11. The van der Waals surface area contributed by atoms with Gasteiger partial charge >= 0.3 is 5.97 Å². The van der Waals surface area contributed by atoms with Crippen molar-refractivity contribution in [2.45, 2.75) is 70.8 Å². The molecule has 158 valence electrons. The van der Waals surface area contributed by atoms with E-state index in [0.717, 1.165) is 37.8 Å². The highest BCUT2D eigenvalue weighted by Crippen LogP contribution is 2.45. The first kappa shape index (κ1) is 22.7. The van der Waals surface area contributed by atoms with Gasteiger partial charge in [0.15, 0.2) is 0 Å². The van der Waals surface area contributed by atoms with Crippen LogP contribution in [0.25, 0.3) is 0 Å². The highest BCUT2D eigenvalue weighted by atomic mass is 16.7. The second-order valence-corrected chi connectivity index (χ2v) is 9.63. The van der Waals surface area contributed by atoms with E-state index >= 15 is 0 Å². The number of hydrogen-bond acceptors (Lipinski definition) is 5. The van der Waals surface area contributed by atoms with Gasteiger partial charge in [-0.25, -0.2) is 0 Å². The maximum Gasteiger partial charge on any atom is 0.314 e. The van der Waals surface area contributed by atoms with Gasteiger partial charge in [-0.15, -0.1) is 0 Å². The Morgan fingerprint density at radius 3 is 2.14 bits per heavy atom. The minimum Gasteiger partial charge on any atom is -0.457 e. The maximum absolute atomic E-state index is 11.8. The third-order valence-corrected chi connectivity index (χ3v) is 5.86. The minimum absolute atomic E-state index is 0.103. The van der Waals surface area contributed by atoms with Crippen LogP contribution in [0.4, 0.5) is 0 Å². The zero-order valence-corrected chi connectivity index (χ0v) is 18.4. The van der Waals surface area contributed by atoms with Crippen LogP contribution in [0.1, 0.15) is 65.4 Å². The summed E-state index contributed by atoms with van der Waals surface area (Å²) in [5.41, 5.74) is -0.519. The average Bonchev–Trinajstić information content (AvgIpc) is 2.61. The number of ether oxygens (including phenoxy) is 2. The van der Waals surface area contributed by atoms with Crippen molar-refractivity contribution in [3.8, 4) is 5.75 Å². The molecule has 1 aromatic rings. The van der Waals surface area contributed by atoms with E-state index in [1.54, 1.807) is 0 Å². The van der Waals surface area contributed by atoms with Crippen LogP contribution in [0.3, 0.4) is 0 Å². The Kier molecular flexibility index (Phi) is 7.16. The number of likely N-dealkylation sites (N-methyl/N-ethyl adjacent to an activating group) is 1. The summed E-state index contributed by atoms with van der Waals surface area (Å²) in [6.07, 6.45) is 5.00. The van der Waals surface area contributed by atoms with E-state index in [9.17, 15) is 9.90 Å². The third kappa shape index (κ3) is 5.26. The Balaban J connectivity index is 2.12. The summed E-state index contributed by atoms with van der Waals surface area (Å²) in [7, 11) is 4.09. The Morgan fingerprint density at radius 1 is 1.07 bits per heavy atom. The zero-order valence-electron chi connectivity index (χ0n) is 18.4. The molecular weight excluding hydrogens is 354 g/mol. The summed E-state index contributed by atoms with van der Waals surface area (Å²) < 4.78 is 10.7. The standard InChI is InChI=1S/C23H37NO4/c1-21(2,3)20(25)28-17-27-19-12-10-18(11-13-19)22(4,16-24(5)6)23(26)14-8-7-9-15-23/h10-13,26H,7-9,14-17H2,1-6H3. The molecule has 0 aliphatic heterocycles. The third-order valence-electron chi connectivity index (χ3n) is 5.86. The largest absolute Gasteiger partial charge is 0.457 e. The van der Waals surface area contributed by atoms with Crippen molar-refractivity contribution in [3.63, 3.8) is 0 Å². The fourth-order valence-corrected chi connectivity index (χ4v) is 4.11. The monoisotopic (exact) mass is 391 g/mol. The summed E-state index contributed by atoms with van der Waals surface area (Å²) in [6, 6.07) is 7.83. The van der Waals surface area contributed by atoms with E-state index in [1.165, 1.54) is 6.42 Å². The second kappa shape index (κ2) is 8.83. The molecule has 0 bridgehead atoms. The molecule has 0 aromatic heterocycles. The van der Waals surface area contributed by atoms with Crippen LogP contribution in [0.5, 0.6) is 5.75 Å². The molecule has 1 aromatic carbocycles. The summed E-state index contributed by atoms with van der Waals surface area (Å²) >= 11 is 0. The van der Waals surface area contributed by atoms with Crippen molar-refractivity contribution in [1.82, 2.24) is 4.90 Å². The molecule has 0 amide bonds. The lowest BCUT2D eigenvalue weighted by Crippen LogP contribution is -2.55. The summed E-state index contributed by atoms with van der Waals surface area (Å²) in [4.78, 5) is 14.0. The molecule has 1 saturated carbocycles. The van der Waals surface area contributed by atoms with Crippen LogP contribution in [-0.2, 0) is 14.9 Å². The van der Waals surface area contributed by atoms with E-state index < -0.39 is 11.0 Å². The molecule has 0 saturated heterocycles. The molecule has 28 heavy (non-hydrogen) atoms. The van der Waals surface area contributed by atoms with E-state index in [4.69, 9.17) is 9.47 Å². The smallest absolute Gasteiger partial charge is 0.314 e. The molecule has 1 atom stereocenters. The maximum atomic E-state index is 11.8. The van der Waals surface area contributed by atoms with Crippen LogP contribution < -0.4 is 4.74 Å². The number of rotatable bonds is 7. The second-order valence-electron chi connectivity index (χ2n) is 9.63. The fraction of sp³-hybridized carbons (Fsp3) is 0.696. The van der Waals surface area contributed by atoms with Gasteiger partial charge in [-0.3, -0.25) is 4.79 Å². The number of hydrogen-bond donors (Lipinski definition) is 1. The van der Waals surface area contributed by atoms with E-state index in [1.807, 2.05) is 59.1 Å². The molecule has 2 rings (SSSR count). The Hall–Kier alpha value is -1.59. The van der Waals surface area contributed by atoms with Gasteiger partial charge in [-0.1, -0.05) is 38.3 Å². The van der Waals surface area contributed by atoms with Crippen molar-refractivity contribution in [2.24, 2.45) is 5.41 Å². The molecule has 5 nitrogen and oxygen atoms in total. The zero-order chi connectivity index (χ0) is 21.0. The predicted molar refractivity (Wildman–Crippen MR) is 111 cm³/mol. The minimum atomic E-state index is -0.708. The van der Waals surface area contributed by atoms with E-state index in [0.29, 0.717) is 5.75 Å². The van der Waals surface area contributed by atoms with Gasteiger partial charge in [-0.2, -0.15) is 0 Å². The topological polar surface area (TPSA) is 59.0 Å². The van der Waals surface area contributed by atoms with Crippen molar-refractivity contribution in [2.75, 3.05) is 27.4 Å². The number of carbonyl (C=O) groups is 1. The normalized spacial score (nSPS) is 19.1. The van der Waals surface area contributed by atoms with Crippen LogP contribution in [0.2, 0.25) is 0 Å². The molecule has 0 heterocycles. The molecule has 1 N–H and O–H groups in total. The molecule has 1 unspecified atom stereocenters. The van der Waals surface area contributed by atoms with E-state index in [2.05, 4.69) is 11.8 Å². The molecule has 0 radical (unpaired) electrons. The van der Waals surface area contributed by atoms with Crippen molar-refractivity contribution in [1.29, 1.82) is 0 Å². The lowest BCUT2D eigenvalue weighted by atomic mass is 9.62. The lowest BCUT2D eigenvalue weighted by molar-refractivity contribution is -0.159. The van der Waals surface area contributed by atoms with E-state index in [-0.39, 0.29) is 18.2 Å². The predicted octanol–water partition coefficient (Wildman–Crippen LogP) is 4.13. The van der Waals surface area contributed by atoms with Gasteiger partial charge in [0.2, 0.25) is 6.79 Å². The highest BCUT2D eigenvalue weighted by Gasteiger charge is 2.48. The van der Waals surface area contributed by atoms with Gasteiger partial charge in [0.25, 0.3) is 0 Å². The molecule has 5 heteroatoms. The Labute approximate surface area is 170 Å². The summed E-state index contributed by atoms with van der Waals surface area (Å²) in [6.45, 7) is 8.27. The van der Waals surface area contributed by atoms with Gasteiger partial charge in [0.1, 0.15) is 5.75 Å². The first-order valence-electron chi connectivity index (χ1n) is 10.3. The van der Waals surface area contributed by atoms with Gasteiger partial charge in [0, 0.05) is 12.0 Å². The van der Waals surface area contributed by atoms with Gasteiger partial charge in [-0.05, 0) is 65.4 Å². The van der Waals surface area contributed by atoms with Crippen LogP contribution in [0, 0.1) is 5.41 Å². The van der Waals surface area contributed by atoms with Gasteiger partial charge < -0.3 is 19.5 Å². The van der Waals surface area contributed by atoms with Crippen molar-refractivity contribution >= 4 is 5.97 Å². The summed E-state index contributed by atoms with van der Waals surface area (Å²) in [5.74, 6) is 0.357. The molecule has 1 aliphatic rings. The number of aliphatic hydroxyl groups is 1. The number of benzene rings is 1. The quantitative estimate of drug-likeness (QED) is 0.559. The van der Waals surface area contributed by atoms with Crippen molar-refractivity contribution in [3.05, 3.63) is 29.8 Å². The number of nitrogens with zero attached hydrogens (tertiary/aromatic N) is 1. The first-order chi connectivity index (χ1) is 13.0. The average molecular weight is 392 g/mol. The molecule has 1 aliphatic carbocycles. The SMILES string of the molecule is CN(C)CC(C)(c1ccc(OCOC(=O)C(C)(C)C)cc1)C1(O)CCCCC1. The number of esters is 1. The molecule has 1 fully saturated rings. The summed E-state index contributed by atoms with van der Waals surface area (Å²) in [5, 5.41) is 11.5. The van der Waals surface area contributed by atoms with Crippen LogP contribution in [0.15, 0.2) is 24.3 Å². The van der Waals surface area contributed by atoms with Gasteiger partial charge in [0.05, 0.1) is 11.0 Å². The molecular formula is C23H37NO4. The number of carbonyl (C=O) groups excluding carboxylic acids is 1.